The fraction of sp³-hybridized carbons (Fsp3) is 0.100. The summed E-state index contributed by atoms with van der Waals surface area (Å²) in [7, 11) is -1.93. The fourth-order valence-electron chi connectivity index (χ4n) is 1.80. The van der Waals surface area contributed by atoms with Crippen LogP contribution >= 0.6 is 8.60 Å². The van der Waals surface area contributed by atoms with E-state index >= 15 is 0 Å². The standard InChI is InChI=1S/C12H11O3P.C8H10/c13-16(14-11-7-3-1-4-8-11)15-12-9-5-2-6-10-12;1-7-3-5-8(2)6-4-7/h1-10,13H;3-6H,1-2H3. The molecule has 0 fully saturated rings. The quantitative estimate of drug-likeness (QED) is 0.622. The molecular weight excluding hydrogens is 319 g/mol. The van der Waals surface area contributed by atoms with Gasteiger partial charge in [-0.2, -0.15) is 0 Å². The van der Waals surface area contributed by atoms with Crippen LogP contribution in [0.4, 0.5) is 0 Å². The Morgan fingerprint density at radius 3 is 1.25 bits per heavy atom. The van der Waals surface area contributed by atoms with Crippen molar-refractivity contribution in [2.75, 3.05) is 0 Å². The summed E-state index contributed by atoms with van der Waals surface area (Å²) in [5.41, 5.74) is 2.66. The van der Waals surface area contributed by atoms with Crippen LogP contribution in [0.25, 0.3) is 0 Å². The minimum Gasteiger partial charge on any atom is -0.418 e. The van der Waals surface area contributed by atoms with E-state index < -0.39 is 8.60 Å². The molecule has 0 unspecified atom stereocenters. The minimum atomic E-state index is -1.93. The van der Waals surface area contributed by atoms with E-state index in [1.165, 1.54) is 11.1 Å². The monoisotopic (exact) mass is 340 g/mol. The maximum atomic E-state index is 9.58. The second kappa shape index (κ2) is 9.71. The molecule has 0 bridgehead atoms. The van der Waals surface area contributed by atoms with Gasteiger partial charge in [-0.25, -0.2) is 0 Å². The van der Waals surface area contributed by atoms with Crippen LogP contribution in [0.15, 0.2) is 84.9 Å². The Bertz CT molecular complexity index is 637. The van der Waals surface area contributed by atoms with Gasteiger partial charge in [-0.3, -0.25) is 0 Å². The van der Waals surface area contributed by atoms with Crippen LogP contribution in [0.5, 0.6) is 11.5 Å². The summed E-state index contributed by atoms with van der Waals surface area (Å²) in [6, 6.07) is 26.6. The molecule has 0 heterocycles. The summed E-state index contributed by atoms with van der Waals surface area (Å²) in [5, 5.41) is 0. The minimum absolute atomic E-state index is 0.590. The molecule has 0 saturated carbocycles. The van der Waals surface area contributed by atoms with Crippen molar-refractivity contribution in [2.45, 2.75) is 13.8 Å². The third-order valence-electron chi connectivity index (χ3n) is 3.07. The van der Waals surface area contributed by atoms with Crippen LogP contribution in [0.3, 0.4) is 0 Å². The topological polar surface area (TPSA) is 38.7 Å². The summed E-state index contributed by atoms with van der Waals surface area (Å²) in [4.78, 5) is 9.58. The first kappa shape index (κ1) is 18.0. The van der Waals surface area contributed by atoms with Crippen molar-refractivity contribution in [3.05, 3.63) is 96.1 Å². The first-order chi connectivity index (χ1) is 11.6. The number of rotatable bonds is 4. The lowest BCUT2D eigenvalue weighted by Gasteiger charge is -2.11. The van der Waals surface area contributed by atoms with Gasteiger partial charge in [0, 0.05) is 0 Å². The van der Waals surface area contributed by atoms with Gasteiger partial charge >= 0.3 is 8.60 Å². The molecule has 0 radical (unpaired) electrons. The van der Waals surface area contributed by atoms with Crippen LogP contribution in [-0.4, -0.2) is 4.89 Å². The molecule has 0 saturated heterocycles. The van der Waals surface area contributed by atoms with Gasteiger partial charge in [0.15, 0.2) is 0 Å². The largest absolute Gasteiger partial charge is 0.460 e. The highest BCUT2D eigenvalue weighted by atomic mass is 31.2. The van der Waals surface area contributed by atoms with E-state index in [-0.39, 0.29) is 0 Å². The molecule has 3 rings (SSSR count). The maximum absolute atomic E-state index is 9.58. The van der Waals surface area contributed by atoms with Gasteiger partial charge in [-0.15, -0.1) is 0 Å². The van der Waals surface area contributed by atoms with Crippen molar-refractivity contribution in [3.63, 3.8) is 0 Å². The fourth-order valence-corrected chi connectivity index (χ4v) is 2.44. The zero-order valence-electron chi connectivity index (χ0n) is 13.8. The van der Waals surface area contributed by atoms with E-state index in [1.807, 2.05) is 36.4 Å². The third kappa shape index (κ3) is 6.82. The van der Waals surface area contributed by atoms with E-state index in [0.29, 0.717) is 11.5 Å². The van der Waals surface area contributed by atoms with Gasteiger partial charge in [-0.05, 0) is 38.1 Å². The predicted molar refractivity (Wildman–Crippen MR) is 99.2 cm³/mol. The number of aryl methyl sites for hydroxylation is 2. The van der Waals surface area contributed by atoms with E-state index in [2.05, 4.69) is 38.1 Å². The highest BCUT2D eigenvalue weighted by Crippen LogP contribution is 2.35. The molecule has 0 aliphatic carbocycles. The summed E-state index contributed by atoms with van der Waals surface area (Å²) >= 11 is 0. The van der Waals surface area contributed by atoms with Gasteiger partial charge in [0.2, 0.25) is 0 Å². The lowest BCUT2D eigenvalue weighted by molar-refractivity contribution is 0.382. The Morgan fingerprint density at radius 2 is 0.917 bits per heavy atom. The first-order valence-corrected chi connectivity index (χ1v) is 8.75. The molecule has 24 heavy (non-hydrogen) atoms. The first-order valence-electron chi connectivity index (χ1n) is 7.62. The van der Waals surface area contributed by atoms with Gasteiger partial charge in [0.25, 0.3) is 0 Å². The van der Waals surface area contributed by atoms with Gasteiger partial charge in [0.05, 0.1) is 0 Å². The molecule has 1 N–H and O–H groups in total. The molecule has 0 atom stereocenters. The Balaban J connectivity index is 0.000000219. The molecule has 0 aliphatic rings. The SMILES string of the molecule is Cc1ccc(C)cc1.OP(Oc1ccccc1)Oc1ccccc1. The summed E-state index contributed by atoms with van der Waals surface area (Å²) in [5.74, 6) is 1.18. The molecule has 4 heteroatoms. The highest BCUT2D eigenvalue weighted by Gasteiger charge is 2.10. The summed E-state index contributed by atoms with van der Waals surface area (Å²) < 4.78 is 10.4. The number of hydrogen-bond donors (Lipinski definition) is 1. The van der Waals surface area contributed by atoms with E-state index in [4.69, 9.17) is 9.05 Å². The van der Waals surface area contributed by atoms with Crippen molar-refractivity contribution >= 4 is 8.60 Å². The van der Waals surface area contributed by atoms with Crippen LogP contribution in [0.1, 0.15) is 11.1 Å². The highest BCUT2D eigenvalue weighted by molar-refractivity contribution is 7.41. The van der Waals surface area contributed by atoms with Crippen LogP contribution in [0, 0.1) is 13.8 Å². The van der Waals surface area contributed by atoms with Crippen molar-refractivity contribution < 1.29 is 13.9 Å². The summed E-state index contributed by atoms with van der Waals surface area (Å²) in [6.45, 7) is 4.19. The van der Waals surface area contributed by atoms with Crippen molar-refractivity contribution in [3.8, 4) is 11.5 Å². The molecule has 3 nitrogen and oxygen atoms in total. The lowest BCUT2D eigenvalue weighted by Crippen LogP contribution is -1.93. The third-order valence-corrected chi connectivity index (χ3v) is 3.81. The second-order valence-electron chi connectivity index (χ2n) is 5.20. The molecule has 0 aliphatic heterocycles. The van der Waals surface area contributed by atoms with Crippen molar-refractivity contribution in [2.24, 2.45) is 0 Å². The Morgan fingerprint density at radius 1 is 0.583 bits per heavy atom. The van der Waals surface area contributed by atoms with Crippen molar-refractivity contribution in [1.82, 2.24) is 0 Å². The smallest absolute Gasteiger partial charge is 0.418 e. The van der Waals surface area contributed by atoms with Gasteiger partial charge in [0.1, 0.15) is 11.5 Å². The lowest BCUT2D eigenvalue weighted by atomic mass is 10.2. The molecule has 3 aromatic rings. The molecule has 0 spiro atoms. The van der Waals surface area contributed by atoms with E-state index in [1.54, 1.807) is 24.3 Å². The van der Waals surface area contributed by atoms with E-state index in [0.717, 1.165) is 0 Å². The molecule has 0 aromatic heterocycles. The van der Waals surface area contributed by atoms with Crippen LogP contribution < -0.4 is 9.05 Å². The number of hydrogen-bond acceptors (Lipinski definition) is 3. The average molecular weight is 340 g/mol. The molecule has 124 valence electrons. The van der Waals surface area contributed by atoms with Gasteiger partial charge in [-0.1, -0.05) is 71.8 Å². The molecule has 0 amide bonds. The zero-order chi connectivity index (χ0) is 17.2. The van der Waals surface area contributed by atoms with E-state index in [9.17, 15) is 4.89 Å². The maximum Gasteiger partial charge on any atom is 0.460 e. The average Bonchev–Trinajstić information content (AvgIpc) is 2.60. The second-order valence-corrected chi connectivity index (χ2v) is 6.04. The predicted octanol–water partition coefficient (Wildman–Crippen LogP) is 5.67. The number of benzene rings is 3. The summed E-state index contributed by atoms with van der Waals surface area (Å²) in [6.07, 6.45) is 0. The Labute approximate surface area is 144 Å². The van der Waals surface area contributed by atoms with Crippen LogP contribution in [0.2, 0.25) is 0 Å². The molecular formula is C20H21O3P. The normalized spacial score (nSPS) is 9.83. The molecule has 3 aromatic carbocycles. The Hall–Kier alpha value is -2.35. The van der Waals surface area contributed by atoms with Crippen LogP contribution in [-0.2, 0) is 0 Å². The Kier molecular flexibility index (Phi) is 7.28. The number of para-hydroxylation sites is 2. The zero-order valence-corrected chi connectivity index (χ0v) is 14.7. The van der Waals surface area contributed by atoms with Gasteiger partial charge < -0.3 is 13.9 Å². The van der Waals surface area contributed by atoms with Crippen molar-refractivity contribution in [1.29, 1.82) is 0 Å².